The van der Waals surface area contributed by atoms with E-state index in [0.29, 0.717) is 11.8 Å². The zero-order valence-corrected chi connectivity index (χ0v) is 10.2. The van der Waals surface area contributed by atoms with Crippen molar-refractivity contribution in [3.8, 4) is 0 Å². The molecule has 0 aromatic carbocycles. The van der Waals surface area contributed by atoms with Crippen LogP contribution in [0.2, 0.25) is 0 Å². The van der Waals surface area contributed by atoms with E-state index >= 15 is 0 Å². The van der Waals surface area contributed by atoms with Crippen LogP contribution in [-0.4, -0.2) is 61.5 Å². The summed E-state index contributed by atoms with van der Waals surface area (Å²) in [6.07, 6.45) is 2.10. The molecule has 0 unspecified atom stereocenters. The van der Waals surface area contributed by atoms with Gasteiger partial charge in [0.15, 0.2) is 0 Å². The first-order valence-corrected chi connectivity index (χ1v) is 6.53. The van der Waals surface area contributed by atoms with Crippen molar-refractivity contribution in [2.24, 2.45) is 5.92 Å². The van der Waals surface area contributed by atoms with E-state index in [2.05, 4.69) is 17.1 Å². The number of carbonyl (C=O) groups is 1. The van der Waals surface area contributed by atoms with Gasteiger partial charge >= 0.3 is 0 Å². The molecule has 0 aromatic heterocycles. The number of nitrogens with one attached hydrogen (secondary N) is 1. The average Bonchev–Trinajstić information content (AvgIpc) is 2.39. The van der Waals surface area contributed by atoms with Crippen molar-refractivity contribution in [3.05, 3.63) is 0 Å². The standard InChI is InChI=1S/C12H23N3O/c1-2-14-7-3-11(4-8-14)12(16)15-9-5-13-6-10-15/h11,13H,2-10H2,1H3. The molecule has 92 valence electrons. The lowest BCUT2D eigenvalue weighted by molar-refractivity contribution is -0.137. The fraction of sp³-hybridized carbons (Fsp3) is 0.917. The Morgan fingerprint density at radius 1 is 1.19 bits per heavy atom. The Balaban J connectivity index is 1.81. The van der Waals surface area contributed by atoms with Crippen LogP contribution in [0, 0.1) is 5.92 Å². The van der Waals surface area contributed by atoms with E-state index in [1.165, 1.54) is 0 Å². The van der Waals surface area contributed by atoms with E-state index in [1.807, 2.05) is 4.90 Å². The molecule has 2 rings (SSSR count). The first kappa shape index (κ1) is 11.9. The summed E-state index contributed by atoms with van der Waals surface area (Å²) in [5.41, 5.74) is 0. The van der Waals surface area contributed by atoms with Crippen molar-refractivity contribution >= 4 is 5.91 Å². The van der Waals surface area contributed by atoms with Crippen LogP contribution < -0.4 is 5.32 Å². The number of hydrogen-bond donors (Lipinski definition) is 1. The van der Waals surface area contributed by atoms with Crippen molar-refractivity contribution in [2.75, 3.05) is 45.8 Å². The summed E-state index contributed by atoms with van der Waals surface area (Å²) in [7, 11) is 0. The molecule has 0 aromatic rings. The Labute approximate surface area is 98.0 Å². The molecule has 0 aliphatic carbocycles. The number of piperidine rings is 1. The van der Waals surface area contributed by atoms with Crippen LogP contribution in [0.25, 0.3) is 0 Å². The maximum absolute atomic E-state index is 12.2. The third kappa shape index (κ3) is 2.74. The van der Waals surface area contributed by atoms with Crippen LogP contribution in [0.15, 0.2) is 0 Å². The van der Waals surface area contributed by atoms with E-state index in [1.54, 1.807) is 0 Å². The molecule has 0 bridgehead atoms. The van der Waals surface area contributed by atoms with Crippen LogP contribution in [0.1, 0.15) is 19.8 Å². The van der Waals surface area contributed by atoms with Crippen molar-refractivity contribution in [1.29, 1.82) is 0 Å². The van der Waals surface area contributed by atoms with E-state index in [9.17, 15) is 4.79 Å². The Hall–Kier alpha value is -0.610. The Morgan fingerprint density at radius 3 is 2.38 bits per heavy atom. The summed E-state index contributed by atoms with van der Waals surface area (Å²) in [6, 6.07) is 0. The maximum Gasteiger partial charge on any atom is 0.225 e. The number of piperazine rings is 1. The van der Waals surface area contributed by atoms with E-state index in [4.69, 9.17) is 0 Å². The second kappa shape index (κ2) is 5.64. The van der Waals surface area contributed by atoms with Crippen LogP contribution in [0.3, 0.4) is 0 Å². The van der Waals surface area contributed by atoms with Gasteiger partial charge in [-0.15, -0.1) is 0 Å². The van der Waals surface area contributed by atoms with Gasteiger partial charge in [0, 0.05) is 32.1 Å². The summed E-state index contributed by atoms with van der Waals surface area (Å²) in [4.78, 5) is 16.7. The van der Waals surface area contributed by atoms with Gasteiger partial charge in [-0.05, 0) is 32.5 Å². The molecule has 2 heterocycles. The van der Waals surface area contributed by atoms with Crippen LogP contribution >= 0.6 is 0 Å². The van der Waals surface area contributed by atoms with Crippen molar-refractivity contribution in [3.63, 3.8) is 0 Å². The zero-order valence-electron chi connectivity index (χ0n) is 10.2. The van der Waals surface area contributed by atoms with E-state index in [0.717, 1.165) is 58.7 Å². The molecule has 16 heavy (non-hydrogen) atoms. The van der Waals surface area contributed by atoms with Gasteiger partial charge in [0.1, 0.15) is 0 Å². The number of rotatable bonds is 2. The summed E-state index contributed by atoms with van der Waals surface area (Å²) >= 11 is 0. The van der Waals surface area contributed by atoms with Gasteiger partial charge in [0.2, 0.25) is 5.91 Å². The third-order valence-electron chi connectivity index (χ3n) is 3.81. The summed E-state index contributed by atoms with van der Waals surface area (Å²) in [5.74, 6) is 0.693. The molecule has 1 N–H and O–H groups in total. The van der Waals surface area contributed by atoms with Gasteiger partial charge in [0.05, 0.1) is 0 Å². The molecule has 2 saturated heterocycles. The molecule has 4 heteroatoms. The molecule has 0 spiro atoms. The zero-order chi connectivity index (χ0) is 11.4. The molecule has 0 radical (unpaired) electrons. The van der Waals surface area contributed by atoms with Crippen LogP contribution in [0.5, 0.6) is 0 Å². The van der Waals surface area contributed by atoms with Crippen molar-refractivity contribution in [2.45, 2.75) is 19.8 Å². The molecule has 2 fully saturated rings. The number of amides is 1. The predicted octanol–water partition coefficient (Wildman–Crippen LogP) is 0.150. The highest BCUT2D eigenvalue weighted by Crippen LogP contribution is 2.19. The number of likely N-dealkylation sites (tertiary alicyclic amines) is 1. The minimum Gasteiger partial charge on any atom is -0.340 e. The summed E-state index contributed by atoms with van der Waals surface area (Å²) < 4.78 is 0. The van der Waals surface area contributed by atoms with Gasteiger partial charge in [-0.25, -0.2) is 0 Å². The molecule has 4 nitrogen and oxygen atoms in total. The number of hydrogen-bond acceptors (Lipinski definition) is 3. The predicted molar refractivity (Wildman–Crippen MR) is 64.3 cm³/mol. The highest BCUT2D eigenvalue weighted by molar-refractivity contribution is 5.79. The minimum absolute atomic E-state index is 0.292. The van der Waals surface area contributed by atoms with Crippen LogP contribution in [0.4, 0.5) is 0 Å². The third-order valence-corrected chi connectivity index (χ3v) is 3.81. The van der Waals surface area contributed by atoms with Gasteiger partial charge in [-0.3, -0.25) is 4.79 Å². The lowest BCUT2D eigenvalue weighted by Gasteiger charge is -2.35. The summed E-state index contributed by atoms with van der Waals surface area (Å²) in [5, 5.41) is 3.29. The minimum atomic E-state index is 0.292. The molecular formula is C12H23N3O. The second-order valence-electron chi connectivity index (χ2n) is 4.78. The van der Waals surface area contributed by atoms with Gasteiger partial charge in [-0.2, -0.15) is 0 Å². The highest BCUT2D eigenvalue weighted by Gasteiger charge is 2.28. The molecule has 0 saturated carbocycles. The van der Waals surface area contributed by atoms with Crippen molar-refractivity contribution < 1.29 is 4.79 Å². The first-order valence-electron chi connectivity index (χ1n) is 6.53. The fourth-order valence-electron chi connectivity index (χ4n) is 2.64. The monoisotopic (exact) mass is 225 g/mol. The van der Waals surface area contributed by atoms with Gasteiger partial charge in [-0.1, -0.05) is 6.92 Å². The summed E-state index contributed by atoms with van der Waals surface area (Å²) in [6.45, 7) is 9.21. The maximum atomic E-state index is 12.2. The Bertz CT molecular complexity index is 230. The lowest BCUT2D eigenvalue weighted by Crippen LogP contribution is -2.50. The largest absolute Gasteiger partial charge is 0.340 e. The SMILES string of the molecule is CCN1CCC(C(=O)N2CCNCC2)CC1. The lowest BCUT2D eigenvalue weighted by atomic mass is 9.95. The smallest absolute Gasteiger partial charge is 0.225 e. The Kier molecular flexibility index (Phi) is 4.18. The molecular weight excluding hydrogens is 202 g/mol. The van der Waals surface area contributed by atoms with E-state index < -0.39 is 0 Å². The molecule has 2 aliphatic heterocycles. The molecule has 0 atom stereocenters. The van der Waals surface area contributed by atoms with Gasteiger partial charge in [0.25, 0.3) is 0 Å². The topological polar surface area (TPSA) is 35.6 Å². The molecule has 1 amide bonds. The number of carbonyl (C=O) groups excluding carboxylic acids is 1. The second-order valence-corrected chi connectivity index (χ2v) is 4.78. The molecule has 2 aliphatic rings. The van der Waals surface area contributed by atoms with Crippen molar-refractivity contribution in [1.82, 2.24) is 15.1 Å². The van der Waals surface area contributed by atoms with Crippen LogP contribution in [-0.2, 0) is 4.79 Å². The quantitative estimate of drug-likeness (QED) is 0.726. The van der Waals surface area contributed by atoms with Gasteiger partial charge < -0.3 is 15.1 Å². The first-order chi connectivity index (χ1) is 7.81. The average molecular weight is 225 g/mol. The normalized spacial score (nSPS) is 24.7. The Morgan fingerprint density at radius 2 is 1.81 bits per heavy atom. The fourth-order valence-corrected chi connectivity index (χ4v) is 2.64. The van der Waals surface area contributed by atoms with E-state index in [-0.39, 0.29) is 0 Å². The number of nitrogens with zero attached hydrogens (tertiary/aromatic N) is 2. The highest BCUT2D eigenvalue weighted by atomic mass is 16.2.